The number of ether oxygens (including phenoxy) is 4. The number of nitrogens with zero attached hydrogens (tertiary/aromatic N) is 1. The van der Waals surface area contributed by atoms with Gasteiger partial charge in [-0.05, 0) is 15.9 Å². The van der Waals surface area contributed by atoms with Crippen LogP contribution in [0.5, 0.6) is 23.0 Å². The number of halogens is 1. The number of hydrogen-bond donors (Lipinski definition) is 2. The maximum atomic E-state index is 11.5. The molecule has 10 heteroatoms. The first-order valence-electron chi connectivity index (χ1n) is 7.06. The van der Waals surface area contributed by atoms with Crippen LogP contribution in [0.2, 0.25) is 0 Å². The number of nitrogens with two attached hydrogens (primary N) is 1. The monoisotopic (exact) mass is 401 g/mol. The van der Waals surface area contributed by atoms with Crippen LogP contribution in [0.25, 0.3) is 0 Å². The molecule has 0 aromatic heterocycles. The van der Waals surface area contributed by atoms with Crippen molar-refractivity contribution < 1.29 is 28.6 Å². The second-order valence-corrected chi connectivity index (χ2v) is 5.86. The molecule has 0 bridgehead atoms. The molecule has 0 spiro atoms. The maximum absolute atomic E-state index is 11.5. The zero-order valence-electron chi connectivity index (χ0n) is 13.1. The summed E-state index contributed by atoms with van der Waals surface area (Å²) < 4.78 is 22.6. The van der Waals surface area contributed by atoms with Crippen LogP contribution in [0.3, 0.4) is 0 Å². The van der Waals surface area contributed by atoms with E-state index >= 15 is 0 Å². The molecular weight excluding hydrogens is 386 g/mol. The van der Waals surface area contributed by atoms with Crippen LogP contribution >= 0.6 is 15.9 Å². The lowest BCUT2D eigenvalue weighted by Gasteiger charge is -2.18. The standard InChI is InChI=1S/C14H16BrN3O6/c1-20-10-7(3-6-4-8(18-24-6)14(19)17-16)9(15)11-13(12(10)21-2)23-5-22-11/h6H,3-5,16H2,1-2H3,(H,17,19)/t6-/m1/s1. The van der Waals surface area contributed by atoms with Gasteiger partial charge < -0.3 is 23.8 Å². The molecule has 9 nitrogen and oxygen atoms in total. The molecule has 0 saturated carbocycles. The predicted octanol–water partition coefficient (Wildman–Crippen LogP) is 0.872. The van der Waals surface area contributed by atoms with Gasteiger partial charge in [0.1, 0.15) is 11.8 Å². The van der Waals surface area contributed by atoms with Gasteiger partial charge in [-0.25, -0.2) is 5.84 Å². The SMILES string of the molecule is COc1c(C[C@@H]2CC(C(=O)NN)=NO2)c(Br)c2c(c1OC)OCO2. The van der Waals surface area contributed by atoms with E-state index in [-0.39, 0.29) is 18.6 Å². The topological polar surface area (TPSA) is 114 Å². The minimum Gasteiger partial charge on any atom is -0.492 e. The van der Waals surface area contributed by atoms with Gasteiger partial charge in [-0.2, -0.15) is 0 Å². The van der Waals surface area contributed by atoms with Crippen molar-refractivity contribution in [1.82, 2.24) is 5.43 Å². The Hall–Kier alpha value is -2.20. The first-order valence-corrected chi connectivity index (χ1v) is 7.85. The minimum absolute atomic E-state index is 0.0980. The Morgan fingerprint density at radius 1 is 1.33 bits per heavy atom. The summed E-state index contributed by atoms with van der Waals surface area (Å²) in [5, 5.41) is 3.77. The fourth-order valence-electron chi connectivity index (χ4n) is 2.65. The lowest BCUT2D eigenvalue weighted by Crippen LogP contribution is -2.36. The summed E-state index contributed by atoms with van der Waals surface area (Å²) in [6, 6.07) is 0. The Kier molecular flexibility index (Phi) is 4.67. The summed E-state index contributed by atoms with van der Waals surface area (Å²) in [6.07, 6.45) is 0.407. The second-order valence-electron chi connectivity index (χ2n) is 5.07. The predicted molar refractivity (Wildman–Crippen MR) is 86.3 cm³/mol. The summed E-state index contributed by atoms with van der Waals surface area (Å²) in [7, 11) is 3.06. The highest BCUT2D eigenvalue weighted by atomic mass is 79.9. The molecule has 2 aliphatic rings. The molecule has 2 heterocycles. The minimum atomic E-state index is -0.466. The summed E-state index contributed by atoms with van der Waals surface area (Å²) in [5.74, 6) is 6.62. The molecule has 24 heavy (non-hydrogen) atoms. The molecular formula is C14H16BrN3O6. The van der Waals surface area contributed by atoms with E-state index < -0.39 is 5.91 Å². The third-order valence-electron chi connectivity index (χ3n) is 3.73. The number of oxime groups is 1. The van der Waals surface area contributed by atoms with E-state index in [0.717, 1.165) is 5.56 Å². The Morgan fingerprint density at radius 2 is 2.04 bits per heavy atom. The number of nitrogens with one attached hydrogen (secondary N) is 1. The van der Waals surface area contributed by atoms with E-state index in [2.05, 4.69) is 21.1 Å². The first kappa shape index (κ1) is 16.7. The third-order valence-corrected chi connectivity index (χ3v) is 4.57. The van der Waals surface area contributed by atoms with Crippen molar-refractivity contribution in [1.29, 1.82) is 0 Å². The molecule has 0 aliphatic carbocycles. The number of benzene rings is 1. The number of hydrazine groups is 1. The molecule has 1 aromatic rings. The zero-order valence-corrected chi connectivity index (χ0v) is 14.6. The molecule has 0 unspecified atom stereocenters. The lowest BCUT2D eigenvalue weighted by atomic mass is 10.0. The average Bonchev–Trinajstić information content (AvgIpc) is 3.25. The third kappa shape index (κ3) is 2.71. The molecule has 3 rings (SSSR count). The summed E-state index contributed by atoms with van der Waals surface area (Å²) in [6.45, 7) is 0.0980. The van der Waals surface area contributed by atoms with E-state index in [1.54, 1.807) is 0 Å². The number of amides is 1. The van der Waals surface area contributed by atoms with Gasteiger partial charge in [0.2, 0.25) is 18.3 Å². The van der Waals surface area contributed by atoms with Crippen molar-refractivity contribution in [3.05, 3.63) is 10.0 Å². The molecule has 0 fully saturated rings. The quantitative estimate of drug-likeness (QED) is 0.427. The molecule has 1 aromatic carbocycles. The van der Waals surface area contributed by atoms with Gasteiger partial charge in [0.15, 0.2) is 11.5 Å². The lowest BCUT2D eigenvalue weighted by molar-refractivity contribution is -0.115. The highest BCUT2D eigenvalue weighted by molar-refractivity contribution is 9.10. The van der Waals surface area contributed by atoms with E-state index in [4.69, 9.17) is 29.6 Å². The second kappa shape index (κ2) is 6.73. The highest BCUT2D eigenvalue weighted by Crippen LogP contribution is 2.54. The van der Waals surface area contributed by atoms with Gasteiger partial charge in [0.25, 0.3) is 5.91 Å². The number of rotatable bonds is 5. The first-order chi connectivity index (χ1) is 11.6. The molecule has 3 N–H and O–H groups in total. The fourth-order valence-corrected chi connectivity index (χ4v) is 3.29. The van der Waals surface area contributed by atoms with Gasteiger partial charge >= 0.3 is 0 Å². The van der Waals surface area contributed by atoms with Crippen LogP contribution in [0.4, 0.5) is 0 Å². The van der Waals surface area contributed by atoms with Crippen LogP contribution in [0.1, 0.15) is 12.0 Å². The van der Waals surface area contributed by atoms with Gasteiger partial charge in [-0.3, -0.25) is 10.2 Å². The van der Waals surface area contributed by atoms with Crippen molar-refractivity contribution >= 4 is 27.5 Å². The van der Waals surface area contributed by atoms with E-state index in [1.165, 1.54) is 14.2 Å². The zero-order chi connectivity index (χ0) is 17.3. The molecule has 2 aliphatic heterocycles. The molecule has 0 radical (unpaired) electrons. The van der Waals surface area contributed by atoms with Gasteiger partial charge in [0, 0.05) is 18.4 Å². The summed E-state index contributed by atoms with van der Waals surface area (Å²) in [4.78, 5) is 16.8. The normalized spacial score (nSPS) is 18.0. The smallest absolute Gasteiger partial charge is 0.283 e. The van der Waals surface area contributed by atoms with Crippen molar-refractivity contribution in [3.63, 3.8) is 0 Å². The number of methoxy groups -OCH3 is 2. The average molecular weight is 402 g/mol. The van der Waals surface area contributed by atoms with Crippen LogP contribution in [0.15, 0.2) is 9.63 Å². The van der Waals surface area contributed by atoms with Gasteiger partial charge in [-0.1, -0.05) is 5.16 Å². The molecule has 0 saturated heterocycles. The van der Waals surface area contributed by atoms with E-state index in [1.807, 2.05) is 5.43 Å². The largest absolute Gasteiger partial charge is 0.492 e. The molecule has 1 atom stereocenters. The van der Waals surface area contributed by atoms with Crippen molar-refractivity contribution in [2.24, 2.45) is 11.0 Å². The van der Waals surface area contributed by atoms with E-state index in [0.29, 0.717) is 40.3 Å². The van der Waals surface area contributed by atoms with Crippen LogP contribution < -0.4 is 30.2 Å². The van der Waals surface area contributed by atoms with Crippen LogP contribution in [-0.4, -0.2) is 38.7 Å². The number of fused-ring (bicyclic) bond motifs is 1. The highest BCUT2D eigenvalue weighted by Gasteiger charge is 2.34. The van der Waals surface area contributed by atoms with Crippen LogP contribution in [0, 0.1) is 0 Å². The summed E-state index contributed by atoms with van der Waals surface area (Å²) >= 11 is 3.52. The van der Waals surface area contributed by atoms with Crippen molar-refractivity contribution in [2.75, 3.05) is 21.0 Å². The molecule has 130 valence electrons. The Morgan fingerprint density at radius 3 is 2.71 bits per heavy atom. The van der Waals surface area contributed by atoms with Gasteiger partial charge in [-0.15, -0.1) is 0 Å². The number of hydrogen-bond acceptors (Lipinski definition) is 8. The number of carbonyl (C=O) groups excluding carboxylic acids is 1. The molecule has 1 amide bonds. The Labute approximate surface area is 146 Å². The van der Waals surface area contributed by atoms with Crippen molar-refractivity contribution in [3.8, 4) is 23.0 Å². The number of carbonyl (C=O) groups is 1. The van der Waals surface area contributed by atoms with E-state index in [9.17, 15) is 4.79 Å². The van der Waals surface area contributed by atoms with Crippen molar-refractivity contribution in [2.45, 2.75) is 18.9 Å². The fraction of sp³-hybridized carbons (Fsp3) is 0.429. The maximum Gasteiger partial charge on any atom is 0.283 e. The Balaban J connectivity index is 1.90. The van der Waals surface area contributed by atoms with Gasteiger partial charge in [0.05, 0.1) is 18.7 Å². The summed E-state index contributed by atoms with van der Waals surface area (Å²) in [5.41, 5.74) is 3.05. The van der Waals surface area contributed by atoms with Crippen LogP contribution in [-0.2, 0) is 16.1 Å². The Bertz CT molecular complexity index is 708.